The lowest BCUT2D eigenvalue weighted by atomic mass is 10.4. The number of carbonyl (C=O) groups is 2. The van der Waals surface area contributed by atoms with Crippen molar-refractivity contribution in [3.8, 4) is 0 Å². The molecule has 0 aliphatic carbocycles. The summed E-state index contributed by atoms with van der Waals surface area (Å²) in [7, 11) is 0. The molecule has 0 radical (unpaired) electrons. The molecular formula is C13H25NO5. The highest BCUT2D eigenvalue weighted by Crippen LogP contribution is 1.87. The number of nitrogens with one attached hydrogen (secondary N) is 1. The molecule has 0 unspecified atom stereocenters. The molecule has 112 valence electrons. The van der Waals surface area contributed by atoms with Gasteiger partial charge in [0.05, 0.1) is 19.8 Å². The summed E-state index contributed by atoms with van der Waals surface area (Å²) in [6.45, 7) is 6.14. The van der Waals surface area contributed by atoms with Gasteiger partial charge in [0.15, 0.2) is 5.78 Å². The molecule has 0 fully saturated rings. The van der Waals surface area contributed by atoms with Gasteiger partial charge in [0, 0.05) is 13.2 Å². The number of hydrogen-bond donors (Lipinski definition) is 1. The van der Waals surface area contributed by atoms with Crippen LogP contribution in [0.1, 0.15) is 26.7 Å². The van der Waals surface area contributed by atoms with E-state index in [1.807, 2.05) is 0 Å². The number of amides is 1. The van der Waals surface area contributed by atoms with Crippen molar-refractivity contribution >= 4 is 11.7 Å². The first-order valence-electron chi connectivity index (χ1n) is 6.66. The van der Waals surface area contributed by atoms with E-state index >= 15 is 0 Å². The van der Waals surface area contributed by atoms with Gasteiger partial charge in [0.25, 0.3) is 0 Å². The first kappa shape index (κ1) is 18.0. The van der Waals surface area contributed by atoms with Gasteiger partial charge in [-0.1, -0.05) is 13.3 Å². The van der Waals surface area contributed by atoms with Crippen molar-refractivity contribution in [3.63, 3.8) is 0 Å². The molecule has 0 spiro atoms. The van der Waals surface area contributed by atoms with Crippen LogP contribution in [0.3, 0.4) is 0 Å². The van der Waals surface area contributed by atoms with Gasteiger partial charge in [0.1, 0.15) is 13.2 Å². The minimum atomic E-state index is -0.246. The Morgan fingerprint density at radius 3 is 2.26 bits per heavy atom. The fraction of sp³-hybridized carbons (Fsp3) is 0.846. The van der Waals surface area contributed by atoms with Gasteiger partial charge < -0.3 is 19.5 Å². The molecule has 1 amide bonds. The molecule has 0 saturated carbocycles. The van der Waals surface area contributed by atoms with Crippen molar-refractivity contribution in [2.45, 2.75) is 26.7 Å². The van der Waals surface area contributed by atoms with Crippen molar-refractivity contribution in [1.29, 1.82) is 0 Å². The molecule has 6 heteroatoms. The molecule has 0 rings (SSSR count). The van der Waals surface area contributed by atoms with Crippen LogP contribution in [-0.2, 0) is 23.8 Å². The van der Waals surface area contributed by atoms with Crippen LogP contribution in [0.25, 0.3) is 0 Å². The Hall–Kier alpha value is -0.980. The van der Waals surface area contributed by atoms with Crippen molar-refractivity contribution in [2.75, 3.05) is 46.2 Å². The number of carbonyl (C=O) groups excluding carboxylic acids is 2. The van der Waals surface area contributed by atoms with Gasteiger partial charge in [0.2, 0.25) is 5.91 Å². The molecule has 0 aromatic carbocycles. The highest BCUT2D eigenvalue weighted by atomic mass is 16.5. The van der Waals surface area contributed by atoms with Crippen LogP contribution in [0.4, 0.5) is 0 Å². The monoisotopic (exact) mass is 275 g/mol. The predicted octanol–water partition coefficient (Wildman–Crippen LogP) is 0.542. The second-order valence-corrected chi connectivity index (χ2v) is 4.12. The summed E-state index contributed by atoms with van der Waals surface area (Å²) in [6.07, 6.45) is 2.19. The Morgan fingerprint density at radius 1 is 0.947 bits per heavy atom. The lowest BCUT2D eigenvalue weighted by Crippen LogP contribution is -2.31. The zero-order chi connectivity index (χ0) is 14.3. The second kappa shape index (κ2) is 13.5. The van der Waals surface area contributed by atoms with Gasteiger partial charge >= 0.3 is 0 Å². The van der Waals surface area contributed by atoms with Crippen molar-refractivity contribution in [2.24, 2.45) is 0 Å². The first-order valence-corrected chi connectivity index (χ1v) is 6.66. The Balaban J connectivity index is 3.16. The third-order valence-electron chi connectivity index (χ3n) is 2.12. The molecule has 6 nitrogen and oxygen atoms in total. The highest BCUT2D eigenvalue weighted by molar-refractivity contribution is 5.79. The molecule has 0 aliphatic rings. The van der Waals surface area contributed by atoms with Crippen molar-refractivity contribution in [1.82, 2.24) is 5.32 Å². The minimum absolute atomic E-state index is 0.0288. The standard InChI is InChI=1S/C13H25NO5/c1-3-4-6-17-8-9-18-7-5-14-13(16)11-19-10-12(2)15/h3-11H2,1-2H3,(H,14,16). The molecule has 0 aromatic rings. The Bertz CT molecular complexity index is 245. The number of Topliss-reactive ketones (excluding diaryl/α,β-unsaturated/α-hetero) is 1. The third kappa shape index (κ3) is 15.0. The van der Waals surface area contributed by atoms with Crippen LogP contribution in [0.2, 0.25) is 0 Å². The van der Waals surface area contributed by atoms with E-state index in [1.165, 1.54) is 6.92 Å². The van der Waals surface area contributed by atoms with Crippen LogP contribution in [0.15, 0.2) is 0 Å². The number of rotatable bonds is 13. The SMILES string of the molecule is CCCCOCCOCCNC(=O)COCC(C)=O. The van der Waals surface area contributed by atoms with E-state index in [-0.39, 0.29) is 24.9 Å². The summed E-state index contributed by atoms with van der Waals surface area (Å²) >= 11 is 0. The van der Waals surface area contributed by atoms with Gasteiger partial charge in [-0.3, -0.25) is 9.59 Å². The normalized spacial score (nSPS) is 10.4. The van der Waals surface area contributed by atoms with Gasteiger partial charge in [-0.05, 0) is 13.3 Å². The molecule has 1 N–H and O–H groups in total. The molecule has 0 bridgehead atoms. The molecule has 0 heterocycles. The maximum absolute atomic E-state index is 11.2. The largest absolute Gasteiger partial charge is 0.379 e. The molecule has 0 atom stereocenters. The number of ketones is 1. The van der Waals surface area contributed by atoms with E-state index in [2.05, 4.69) is 12.2 Å². The van der Waals surface area contributed by atoms with Crippen LogP contribution in [0, 0.1) is 0 Å². The minimum Gasteiger partial charge on any atom is -0.379 e. The summed E-state index contributed by atoms with van der Waals surface area (Å²) in [5.74, 6) is -0.344. The third-order valence-corrected chi connectivity index (χ3v) is 2.12. The van der Waals surface area contributed by atoms with Crippen LogP contribution in [-0.4, -0.2) is 57.9 Å². The number of unbranched alkanes of at least 4 members (excludes halogenated alkanes) is 1. The summed E-state index contributed by atoms with van der Waals surface area (Å²) in [5.41, 5.74) is 0. The molecule has 0 saturated heterocycles. The van der Waals surface area contributed by atoms with Crippen LogP contribution < -0.4 is 5.32 Å². The lowest BCUT2D eigenvalue weighted by molar-refractivity contribution is -0.129. The topological polar surface area (TPSA) is 73.9 Å². The summed E-state index contributed by atoms with van der Waals surface area (Å²) in [6, 6.07) is 0. The summed E-state index contributed by atoms with van der Waals surface area (Å²) < 4.78 is 15.5. The maximum Gasteiger partial charge on any atom is 0.246 e. The van der Waals surface area contributed by atoms with E-state index in [0.717, 1.165) is 19.4 Å². The lowest BCUT2D eigenvalue weighted by Gasteiger charge is -2.07. The van der Waals surface area contributed by atoms with Gasteiger partial charge in [-0.25, -0.2) is 0 Å². The molecule has 0 aromatic heterocycles. The van der Waals surface area contributed by atoms with E-state index in [1.54, 1.807) is 0 Å². The number of hydrogen-bond acceptors (Lipinski definition) is 5. The zero-order valence-corrected chi connectivity index (χ0v) is 11.9. The Morgan fingerprint density at radius 2 is 1.63 bits per heavy atom. The van der Waals surface area contributed by atoms with E-state index in [0.29, 0.717) is 26.4 Å². The smallest absolute Gasteiger partial charge is 0.246 e. The fourth-order valence-electron chi connectivity index (χ4n) is 1.17. The maximum atomic E-state index is 11.2. The summed E-state index contributed by atoms with van der Waals surface area (Å²) in [5, 5.41) is 2.63. The predicted molar refractivity (Wildman–Crippen MR) is 71.1 cm³/mol. The average molecular weight is 275 g/mol. The second-order valence-electron chi connectivity index (χ2n) is 4.12. The van der Waals surface area contributed by atoms with Gasteiger partial charge in [-0.2, -0.15) is 0 Å². The van der Waals surface area contributed by atoms with Crippen molar-refractivity contribution in [3.05, 3.63) is 0 Å². The Labute approximate surface area is 114 Å². The van der Waals surface area contributed by atoms with E-state index in [9.17, 15) is 9.59 Å². The van der Waals surface area contributed by atoms with Crippen molar-refractivity contribution < 1.29 is 23.8 Å². The highest BCUT2D eigenvalue weighted by Gasteiger charge is 2.01. The average Bonchev–Trinajstić information content (AvgIpc) is 2.36. The number of ether oxygens (including phenoxy) is 3. The van der Waals surface area contributed by atoms with Crippen LogP contribution >= 0.6 is 0 Å². The van der Waals surface area contributed by atoms with Gasteiger partial charge in [-0.15, -0.1) is 0 Å². The first-order chi connectivity index (χ1) is 9.16. The van der Waals surface area contributed by atoms with E-state index < -0.39 is 0 Å². The molecule has 0 aliphatic heterocycles. The Kier molecular flexibility index (Phi) is 12.8. The molecule has 19 heavy (non-hydrogen) atoms. The fourth-order valence-corrected chi connectivity index (χ4v) is 1.17. The molecular weight excluding hydrogens is 250 g/mol. The van der Waals surface area contributed by atoms with E-state index in [4.69, 9.17) is 14.2 Å². The van der Waals surface area contributed by atoms with Crippen LogP contribution in [0.5, 0.6) is 0 Å². The summed E-state index contributed by atoms with van der Waals surface area (Å²) in [4.78, 5) is 21.8. The quantitative estimate of drug-likeness (QED) is 0.497. The zero-order valence-electron chi connectivity index (χ0n) is 11.9.